The molecule has 0 amide bonds. The Morgan fingerprint density at radius 3 is 3.08 bits per heavy atom. The predicted octanol–water partition coefficient (Wildman–Crippen LogP) is 1.17. The van der Waals surface area contributed by atoms with E-state index in [1.54, 1.807) is 6.07 Å². The molecule has 0 fully saturated rings. The second-order valence-corrected chi connectivity index (χ2v) is 3.50. The van der Waals surface area contributed by atoms with Gasteiger partial charge in [-0.05, 0) is 13.0 Å². The zero-order valence-electron chi connectivity index (χ0n) is 7.37. The third-order valence-corrected chi connectivity index (χ3v) is 2.09. The van der Waals surface area contributed by atoms with Crippen LogP contribution in [-0.2, 0) is 6.42 Å². The predicted molar refractivity (Wildman–Crippen MR) is 48.1 cm³/mol. The van der Waals surface area contributed by atoms with Gasteiger partial charge >= 0.3 is 0 Å². The van der Waals surface area contributed by atoms with Gasteiger partial charge in [0.15, 0.2) is 5.72 Å². The fourth-order valence-electron chi connectivity index (χ4n) is 1.58. The van der Waals surface area contributed by atoms with E-state index < -0.39 is 5.72 Å². The molecule has 2 rings (SSSR count). The highest BCUT2D eigenvalue weighted by Gasteiger charge is 2.32. The lowest BCUT2D eigenvalue weighted by molar-refractivity contribution is 0.124. The standard InChI is InChI=1S/C10H10N2O/c1-10(12)5-7-3-2-4-8(6-11)9(7)13-10/h2-4H,5,12H2,1H3. The van der Waals surface area contributed by atoms with Crippen molar-refractivity contribution >= 4 is 0 Å². The normalized spacial score (nSPS) is 24.7. The van der Waals surface area contributed by atoms with Crippen molar-refractivity contribution in [2.75, 3.05) is 0 Å². The Morgan fingerprint density at radius 2 is 2.38 bits per heavy atom. The van der Waals surface area contributed by atoms with Crippen LogP contribution >= 0.6 is 0 Å². The summed E-state index contributed by atoms with van der Waals surface area (Å²) in [5.74, 6) is 0.648. The molecular formula is C10H10N2O. The van der Waals surface area contributed by atoms with E-state index >= 15 is 0 Å². The fraction of sp³-hybridized carbons (Fsp3) is 0.300. The maximum absolute atomic E-state index is 8.80. The molecule has 0 saturated heterocycles. The van der Waals surface area contributed by atoms with Crippen LogP contribution in [0.4, 0.5) is 0 Å². The first kappa shape index (κ1) is 8.09. The summed E-state index contributed by atoms with van der Waals surface area (Å²) < 4.78 is 5.47. The lowest BCUT2D eigenvalue weighted by Crippen LogP contribution is -2.40. The Labute approximate surface area is 76.7 Å². The molecule has 0 spiro atoms. The van der Waals surface area contributed by atoms with Gasteiger partial charge in [-0.3, -0.25) is 5.73 Å². The van der Waals surface area contributed by atoms with E-state index in [1.807, 2.05) is 19.1 Å². The number of nitrogens with two attached hydrogens (primary N) is 1. The average Bonchev–Trinajstić information content (AvgIpc) is 2.37. The molecule has 0 aliphatic carbocycles. The summed E-state index contributed by atoms with van der Waals surface area (Å²) in [4.78, 5) is 0. The molecule has 1 heterocycles. The number of rotatable bonds is 0. The molecule has 0 aromatic heterocycles. The van der Waals surface area contributed by atoms with E-state index in [2.05, 4.69) is 6.07 Å². The van der Waals surface area contributed by atoms with Crippen molar-refractivity contribution in [2.45, 2.75) is 19.1 Å². The van der Waals surface area contributed by atoms with E-state index in [9.17, 15) is 0 Å². The van der Waals surface area contributed by atoms with Gasteiger partial charge in [0.05, 0.1) is 5.56 Å². The molecule has 0 radical (unpaired) electrons. The number of hydrogen-bond acceptors (Lipinski definition) is 3. The molecule has 1 aliphatic heterocycles. The van der Waals surface area contributed by atoms with Gasteiger partial charge in [0.25, 0.3) is 0 Å². The van der Waals surface area contributed by atoms with Gasteiger partial charge in [0.1, 0.15) is 11.8 Å². The Balaban J connectivity index is 2.53. The second-order valence-electron chi connectivity index (χ2n) is 3.50. The SMILES string of the molecule is CC1(N)Cc2cccc(C#N)c2O1. The summed E-state index contributed by atoms with van der Waals surface area (Å²) in [5.41, 5.74) is 6.74. The van der Waals surface area contributed by atoms with Gasteiger partial charge in [0.2, 0.25) is 0 Å². The molecule has 0 saturated carbocycles. The van der Waals surface area contributed by atoms with Crippen molar-refractivity contribution in [1.82, 2.24) is 0 Å². The van der Waals surface area contributed by atoms with Crippen LogP contribution in [0.1, 0.15) is 18.1 Å². The highest BCUT2D eigenvalue weighted by Crippen LogP contribution is 2.34. The van der Waals surface area contributed by atoms with Crippen LogP contribution < -0.4 is 10.5 Å². The van der Waals surface area contributed by atoms with Gasteiger partial charge < -0.3 is 4.74 Å². The lowest BCUT2D eigenvalue weighted by Gasteiger charge is -2.17. The highest BCUT2D eigenvalue weighted by molar-refractivity contribution is 5.51. The van der Waals surface area contributed by atoms with Crippen molar-refractivity contribution < 1.29 is 4.74 Å². The third kappa shape index (κ3) is 1.25. The molecule has 3 heteroatoms. The lowest BCUT2D eigenvalue weighted by atomic mass is 10.1. The Hall–Kier alpha value is -1.53. The van der Waals surface area contributed by atoms with Crippen LogP contribution in [0.5, 0.6) is 5.75 Å². The number of para-hydroxylation sites is 1. The molecule has 1 unspecified atom stereocenters. The zero-order valence-corrected chi connectivity index (χ0v) is 7.37. The number of hydrogen-bond donors (Lipinski definition) is 1. The summed E-state index contributed by atoms with van der Waals surface area (Å²) in [7, 11) is 0. The van der Waals surface area contributed by atoms with Crippen LogP contribution in [0.15, 0.2) is 18.2 Å². The van der Waals surface area contributed by atoms with Crippen molar-refractivity contribution in [3.8, 4) is 11.8 Å². The van der Waals surface area contributed by atoms with Gasteiger partial charge in [-0.15, -0.1) is 0 Å². The van der Waals surface area contributed by atoms with Crippen molar-refractivity contribution in [3.05, 3.63) is 29.3 Å². The molecule has 3 nitrogen and oxygen atoms in total. The number of benzene rings is 1. The molecule has 1 aliphatic rings. The fourth-order valence-corrected chi connectivity index (χ4v) is 1.58. The van der Waals surface area contributed by atoms with E-state index in [0.717, 1.165) is 5.56 Å². The Kier molecular flexibility index (Phi) is 1.54. The summed E-state index contributed by atoms with van der Waals surface area (Å²) in [6.45, 7) is 1.81. The van der Waals surface area contributed by atoms with Gasteiger partial charge in [-0.25, -0.2) is 0 Å². The van der Waals surface area contributed by atoms with Crippen LogP contribution in [-0.4, -0.2) is 5.72 Å². The van der Waals surface area contributed by atoms with Crippen LogP contribution in [0.25, 0.3) is 0 Å². The summed E-state index contributed by atoms with van der Waals surface area (Å²) in [6, 6.07) is 7.61. The maximum Gasteiger partial charge on any atom is 0.159 e. The molecular weight excluding hydrogens is 164 g/mol. The first-order valence-corrected chi connectivity index (χ1v) is 4.12. The molecule has 0 bridgehead atoms. The van der Waals surface area contributed by atoms with Crippen molar-refractivity contribution in [1.29, 1.82) is 5.26 Å². The van der Waals surface area contributed by atoms with E-state index in [1.165, 1.54) is 0 Å². The van der Waals surface area contributed by atoms with Gasteiger partial charge in [-0.1, -0.05) is 12.1 Å². The molecule has 1 aromatic rings. The minimum Gasteiger partial charge on any atom is -0.471 e. The molecule has 13 heavy (non-hydrogen) atoms. The van der Waals surface area contributed by atoms with Crippen molar-refractivity contribution in [2.24, 2.45) is 5.73 Å². The number of nitriles is 1. The first-order chi connectivity index (χ1) is 6.12. The van der Waals surface area contributed by atoms with Crippen molar-refractivity contribution in [3.63, 3.8) is 0 Å². The van der Waals surface area contributed by atoms with Crippen LogP contribution in [0.3, 0.4) is 0 Å². The smallest absolute Gasteiger partial charge is 0.159 e. The van der Waals surface area contributed by atoms with E-state index in [4.69, 9.17) is 15.7 Å². The molecule has 1 aromatic carbocycles. The maximum atomic E-state index is 8.80. The minimum atomic E-state index is -0.657. The Bertz CT molecular complexity index is 390. The van der Waals surface area contributed by atoms with Crippen LogP contribution in [0, 0.1) is 11.3 Å². The van der Waals surface area contributed by atoms with E-state index in [-0.39, 0.29) is 0 Å². The number of fused-ring (bicyclic) bond motifs is 1. The van der Waals surface area contributed by atoms with Gasteiger partial charge in [-0.2, -0.15) is 5.26 Å². The molecule has 2 N–H and O–H groups in total. The monoisotopic (exact) mass is 174 g/mol. The largest absolute Gasteiger partial charge is 0.471 e. The topological polar surface area (TPSA) is 59.0 Å². The van der Waals surface area contributed by atoms with Gasteiger partial charge in [0, 0.05) is 12.0 Å². The number of nitrogens with zero attached hydrogens (tertiary/aromatic N) is 1. The minimum absolute atomic E-state index is 0.562. The second kappa shape index (κ2) is 2.48. The average molecular weight is 174 g/mol. The quantitative estimate of drug-likeness (QED) is 0.642. The first-order valence-electron chi connectivity index (χ1n) is 4.12. The third-order valence-electron chi connectivity index (χ3n) is 2.09. The summed E-state index contributed by atoms with van der Waals surface area (Å²) >= 11 is 0. The summed E-state index contributed by atoms with van der Waals surface area (Å²) in [5, 5.41) is 8.80. The Morgan fingerprint density at radius 1 is 1.62 bits per heavy atom. The zero-order chi connectivity index (χ0) is 9.47. The highest BCUT2D eigenvalue weighted by atomic mass is 16.5. The molecule has 1 atom stereocenters. The van der Waals surface area contributed by atoms with E-state index in [0.29, 0.717) is 17.7 Å². The number of ether oxygens (including phenoxy) is 1. The molecule has 66 valence electrons. The summed E-state index contributed by atoms with van der Waals surface area (Å²) in [6.07, 6.45) is 0.665. The van der Waals surface area contributed by atoms with Crippen LogP contribution in [0.2, 0.25) is 0 Å².